The van der Waals surface area contributed by atoms with Crippen LogP contribution in [0, 0.1) is 0 Å². The molecule has 0 radical (unpaired) electrons. The third-order valence-corrected chi connectivity index (χ3v) is 2.16. The first kappa shape index (κ1) is 9.21. The lowest BCUT2D eigenvalue weighted by molar-refractivity contribution is -0.144. The molecule has 0 atom stereocenters. The maximum Gasteiger partial charge on any atom is 0.297 e. The Morgan fingerprint density at radius 1 is 1.57 bits per heavy atom. The number of hydrogen-bond donors (Lipinski definition) is 0. The minimum Gasteiger partial charge on any atom is -0.275 e. The second-order valence-corrected chi connectivity index (χ2v) is 3.32. The van der Waals surface area contributed by atoms with Crippen molar-refractivity contribution in [3.8, 4) is 0 Å². The number of hydroxylamine groups is 2. The molecule has 5 nitrogen and oxygen atoms in total. The minimum atomic E-state index is -0.148. The van der Waals surface area contributed by atoms with Crippen LogP contribution in [0.15, 0.2) is 12.3 Å². The molecule has 1 aliphatic heterocycles. The lowest BCUT2D eigenvalue weighted by atomic mass is 10.3. The fourth-order valence-corrected chi connectivity index (χ4v) is 1.41. The van der Waals surface area contributed by atoms with Crippen molar-refractivity contribution in [2.45, 2.75) is 12.8 Å². The average molecular weight is 195 g/mol. The first-order valence-electron chi connectivity index (χ1n) is 4.72. The molecule has 1 saturated heterocycles. The summed E-state index contributed by atoms with van der Waals surface area (Å²) >= 11 is 0. The molecule has 1 amide bonds. The zero-order valence-electron chi connectivity index (χ0n) is 8.14. The van der Waals surface area contributed by atoms with Gasteiger partial charge in [-0.1, -0.05) is 0 Å². The highest BCUT2D eigenvalue weighted by Gasteiger charge is 2.20. The van der Waals surface area contributed by atoms with E-state index < -0.39 is 0 Å². The maximum atomic E-state index is 11.7. The van der Waals surface area contributed by atoms with Crippen LogP contribution in [0.2, 0.25) is 0 Å². The van der Waals surface area contributed by atoms with Crippen molar-refractivity contribution in [2.24, 2.45) is 7.05 Å². The quantitative estimate of drug-likeness (QED) is 0.658. The number of hydrogen-bond acceptors (Lipinski definition) is 3. The molecule has 5 heteroatoms. The Morgan fingerprint density at radius 3 is 3.00 bits per heavy atom. The highest BCUT2D eigenvalue weighted by atomic mass is 16.7. The summed E-state index contributed by atoms with van der Waals surface area (Å²) in [6, 6.07) is 1.69. The van der Waals surface area contributed by atoms with Gasteiger partial charge in [0.15, 0.2) is 5.69 Å². The van der Waals surface area contributed by atoms with E-state index in [1.165, 1.54) is 5.06 Å². The summed E-state index contributed by atoms with van der Waals surface area (Å²) in [5, 5.41) is 5.43. The van der Waals surface area contributed by atoms with Gasteiger partial charge in [-0.3, -0.25) is 14.3 Å². The van der Waals surface area contributed by atoms with Gasteiger partial charge in [0.1, 0.15) is 0 Å². The Kier molecular flexibility index (Phi) is 2.49. The van der Waals surface area contributed by atoms with Crippen molar-refractivity contribution in [3.63, 3.8) is 0 Å². The van der Waals surface area contributed by atoms with Crippen molar-refractivity contribution in [2.75, 3.05) is 13.2 Å². The number of nitrogens with zero attached hydrogens (tertiary/aromatic N) is 3. The number of carbonyl (C=O) groups excluding carboxylic acids is 1. The zero-order chi connectivity index (χ0) is 9.97. The predicted octanol–water partition coefficient (Wildman–Crippen LogP) is 0.588. The van der Waals surface area contributed by atoms with Crippen LogP contribution in [-0.4, -0.2) is 33.9 Å². The summed E-state index contributed by atoms with van der Waals surface area (Å²) in [6.07, 6.45) is 3.77. The number of aromatic nitrogens is 2. The summed E-state index contributed by atoms with van der Waals surface area (Å²) in [7, 11) is 1.79. The molecular formula is C9H13N3O2. The van der Waals surface area contributed by atoms with E-state index in [4.69, 9.17) is 4.84 Å². The van der Waals surface area contributed by atoms with E-state index in [-0.39, 0.29) is 5.91 Å². The SMILES string of the molecule is Cn1ccc(C(=O)N2CCCCO2)n1. The standard InChI is InChI=1S/C9H13N3O2/c1-11-6-4-8(10-11)9(13)12-5-2-3-7-14-12/h4,6H,2-3,5,7H2,1H3. The molecule has 1 aromatic rings. The van der Waals surface area contributed by atoms with Gasteiger partial charge in [-0.05, 0) is 18.9 Å². The Labute approximate surface area is 82.2 Å². The fourth-order valence-electron chi connectivity index (χ4n) is 1.41. The normalized spacial score (nSPS) is 17.1. The molecule has 14 heavy (non-hydrogen) atoms. The largest absolute Gasteiger partial charge is 0.297 e. The van der Waals surface area contributed by atoms with Crippen LogP contribution in [0.25, 0.3) is 0 Å². The van der Waals surface area contributed by atoms with Crippen LogP contribution >= 0.6 is 0 Å². The van der Waals surface area contributed by atoms with Gasteiger partial charge in [0.2, 0.25) is 0 Å². The van der Waals surface area contributed by atoms with Gasteiger partial charge in [-0.2, -0.15) is 5.10 Å². The zero-order valence-corrected chi connectivity index (χ0v) is 8.14. The molecule has 1 aliphatic rings. The average Bonchev–Trinajstić information content (AvgIpc) is 2.65. The predicted molar refractivity (Wildman–Crippen MR) is 49.4 cm³/mol. The van der Waals surface area contributed by atoms with Crippen molar-refractivity contribution in [1.82, 2.24) is 14.8 Å². The van der Waals surface area contributed by atoms with Gasteiger partial charge in [-0.25, -0.2) is 5.06 Å². The fraction of sp³-hybridized carbons (Fsp3) is 0.556. The molecule has 0 aliphatic carbocycles. The van der Waals surface area contributed by atoms with Gasteiger partial charge in [0.25, 0.3) is 5.91 Å². The summed E-state index contributed by atoms with van der Waals surface area (Å²) in [5.74, 6) is -0.148. The molecular weight excluding hydrogens is 182 g/mol. The van der Waals surface area contributed by atoms with Gasteiger partial charge in [0.05, 0.1) is 6.61 Å². The highest BCUT2D eigenvalue weighted by Crippen LogP contribution is 2.09. The lowest BCUT2D eigenvalue weighted by Gasteiger charge is -2.24. The molecule has 0 bridgehead atoms. The molecule has 1 fully saturated rings. The molecule has 0 saturated carbocycles. The van der Waals surface area contributed by atoms with Gasteiger partial charge in [-0.15, -0.1) is 0 Å². The van der Waals surface area contributed by atoms with Gasteiger partial charge in [0, 0.05) is 19.8 Å². The maximum absolute atomic E-state index is 11.7. The highest BCUT2D eigenvalue weighted by molar-refractivity contribution is 5.91. The summed E-state index contributed by atoms with van der Waals surface area (Å²) in [5.41, 5.74) is 0.439. The summed E-state index contributed by atoms with van der Waals surface area (Å²) < 4.78 is 1.61. The van der Waals surface area contributed by atoms with E-state index in [9.17, 15) is 4.79 Å². The number of rotatable bonds is 1. The first-order valence-corrected chi connectivity index (χ1v) is 4.72. The van der Waals surface area contributed by atoms with Crippen molar-refractivity contribution >= 4 is 5.91 Å². The monoisotopic (exact) mass is 195 g/mol. The smallest absolute Gasteiger partial charge is 0.275 e. The molecule has 2 rings (SSSR count). The number of aryl methyl sites for hydroxylation is 1. The second-order valence-electron chi connectivity index (χ2n) is 3.32. The van der Waals surface area contributed by atoms with Gasteiger partial charge < -0.3 is 0 Å². The van der Waals surface area contributed by atoms with E-state index in [1.807, 2.05) is 0 Å². The molecule has 0 spiro atoms. The minimum absolute atomic E-state index is 0.148. The van der Waals surface area contributed by atoms with Crippen LogP contribution in [0.3, 0.4) is 0 Å². The third kappa shape index (κ3) is 1.77. The van der Waals surface area contributed by atoms with Crippen molar-refractivity contribution in [3.05, 3.63) is 18.0 Å². The van der Waals surface area contributed by atoms with Crippen LogP contribution in [0.5, 0.6) is 0 Å². The molecule has 76 valence electrons. The van der Waals surface area contributed by atoms with Crippen molar-refractivity contribution in [1.29, 1.82) is 0 Å². The Balaban J connectivity index is 2.07. The summed E-state index contributed by atoms with van der Waals surface area (Å²) in [6.45, 7) is 1.29. The van der Waals surface area contributed by atoms with Crippen LogP contribution in [-0.2, 0) is 11.9 Å². The molecule has 0 N–H and O–H groups in total. The van der Waals surface area contributed by atoms with E-state index in [0.29, 0.717) is 18.8 Å². The van der Waals surface area contributed by atoms with E-state index in [0.717, 1.165) is 12.8 Å². The Hall–Kier alpha value is -1.36. The Morgan fingerprint density at radius 2 is 2.43 bits per heavy atom. The van der Waals surface area contributed by atoms with Crippen LogP contribution in [0.4, 0.5) is 0 Å². The van der Waals surface area contributed by atoms with Crippen LogP contribution in [0.1, 0.15) is 23.3 Å². The Bertz CT molecular complexity index is 329. The molecule has 2 heterocycles. The molecule has 0 unspecified atom stereocenters. The topological polar surface area (TPSA) is 47.4 Å². The molecule has 1 aromatic heterocycles. The van der Waals surface area contributed by atoms with Crippen molar-refractivity contribution < 1.29 is 9.63 Å². The summed E-state index contributed by atoms with van der Waals surface area (Å²) in [4.78, 5) is 17.0. The van der Waals surface area contributed by atoms with Gasteiger partial charge >= 0.3 is 0 Å². The van der Waals surface area contributed by atoms with Crippen LogP contribution < -0.4 is 0 Å². The first-order chi connectivity index (χ1) is 6.77. The van der Waals surface area contributed by atoms with E-state index >= 15 is 0 Å². The third-order valence-electron chi connectivity index (χ3n) is 2.16. The number of amides is 1. The second kappa shape index (κ2) is 3.79. The lowest BCUT2D eigenvalue weighted by Crippen LogP contribution is -2.36. The number of carbonyl (C=O) groups is 1. The molecule has 0 aromatic carbocycles. The van der Waals surface area contributed by atoms with E-state index in [2.05, 4.69) is 5.10 Å². The van der Waals surface area contributed by atoms with E-state index in [1.54, 1.807) is 24.0 Å².